The maximum atomic E-state index is 13.6. The number of rotatable bonds is 58. The van der Waals surface area contributed by atoms with Crippen LogP contribution in [0.2, 0.25) is 0 Å². The lowest BCUT2D eigenvalue weighted by atomic mass is 10.0. The van der Waals surface area contributed by atoms with Crippen molar-refractivity contribution in [2.45, 2.75) is 73.9 Å². The van der Waals surface area contributed by atoms with Crippen LogP contribution >= 0.6 is 0 Å². The van der Waals surface area contributed by atoms with E-state index >= 15 is 0 Å². The summed E-state index contributed by atoms with van der Waals surface area (Å²) in [6.45, 7) is -13.2. The van der Waals surface area contributed by atoms with E-state index in [-0.39, 0.29) is 0 Å². The summed E-state index contributed by atoms with van der Waals surface area (Å²) in [5.74, 6) is -14.7. The minimum atomic E-state index is -2.12. The van der Waals surface area contributed by atoms with Crippen LogP contribution in [-0.2, 0) is 114 Å². The quantitative estimate of drug-likeness (QED) is 0.0202. The SMILES string of the molecule is CNC(COCCC(=O)NC(COCCC(=O)O)(COCCC(=O)O)OCC(=O)O)(COCCC(=O)NC(COCCC(=O)O)(COCCC(=O)O)OCC(=O)O)COCC(=O)NC(COCCC(=O)O)(COCCC(=O)O)COCC(=O)O. The van der Waals surface area contributed by atoms with Crippen LogP contribution in [0.5, 0.6) is 0 Å². The molecule has 13 N–H and O–H groups in total. The Morgan fingerprint density at radius 1 is 0.274 bits per heavy atom. The van der Waals surface area contributed by atoms with Gasteiger partial charge in [-0.3, -0.25) is 43.2 Å². The van der Waals surface area contributed by atoms with E-state index in [1.807, 2.05) is 0 Å². The van der Waals surface area contributed by atoms with Crippen LogP contribution in [0.3, 0.4) is 0 Å². The highest BCUT2D eigenvalue weighted by atomic mass is 16.6. The van der Waals surface area contributed by atoms with E-state index in [0.717, 1.165) is 0 Å². The van der Waals surface area contributed by atoms with Gasteiger partial charge in [0.25, 0.3) is 0 Å². The molecule has 0 unspecified atom stereocenters. The number of ether oxygens (including phenoxy) is 12. The van der Waals surface area contributed by atoms with Gasteiger partial charge in [0.1, 0.15) is 32.0 Å². The Morgan fingerprint density at radius 2 is 0.524 bits per heavy atom. The Bertz CT molecular complexity index is 1920. The molecule has 0 rings (SSSR count). The third-order valence-corrected chi connectivity index (χ3v) is 10.4. The predicted molar refractivity (Wildman–Crippen MR) is 270 cm³/mol. The van der Waals surface area contributed by atoms with Crippen molar-refractivity contribution in [3.8, 4) is 0 Å². The standard InChI is InChI=1S/C47H76N4O33/c1-48-44(22-73-10-2-32(52)50-46(83-20-42(69)70,28-77-14-6-37(59)60)29-78-15-7-38(61)62,23-74-11-3-33(53)51-47(84-21-43(71)72,30-79-16-8-39(63)64)31-80-17-9-40(65)66)24-81-18-34(54)49-45(27-82-19-41(67)68,25-75-12-4-35(55)56)26-76-13-5-36(57)58/h48H,2-31H2,1H3,(H,49,54)(H,50,52)(H,51,53)(H,55,56)(H,57,58)(H,59,60)(H,61,62)(H,63,64)(H,65,66)(H,67,68)(H,69,70)(H,71,72). The van der Waals surface area contributed by atoms with E-state index in [2.05, 4.69) is 21.3 Å². The molecule has 482 valence electrons. The first-order valence-electron chi connectivity index (χ1n) is 25.2. The zero-order chi connectivity index (χ0) is 63.5. The summed E-state index contributed by atoms with van der Waals surface area (Å²) in [6.07, 6.45) is -4.11. The number of carbonyl (C=O) groups excluding carboxylic acids is 3. The van der Waals surface area contributed by atoms with Gasteiger partial charge in [-0.1, -0.05) is 0 Å². The molecule has 0 aromatic carbocycles. The van der Waals surface area contributed by atoms with Gasteiger partial charge in [-0.2, -0.15) is 0 Å². The third-order valence-electron chi connectivity index (χ3n) is 10.4. The molecule has 37 heteroatoms. The van der Waals surface area contributed by atoms with Crippen molar-refractivity contribution in [3.05, 3.63) is 0 Å². The molecule has 0 aliphatic heterocycles. The molecule has 0 aromatic heterocycles. The summed E-state index contributed by atoms with van der Waals surface area (Å²) < 4.78 is 65.9. The number of carboxylic acids is 9. The molecule has 0 saturated carbocycles. The average Bonchev–Trinajstić information content (AvgIpc) is 3.47. The molecule has 0 aromatic rings. The average molecular weight is 1230 g/mol. The molecular weight excluding hydrogens is 1150 g/mol. The number of likely N-dealkylation sites (N-methyl/N-ethyl adjacent to an activating group) is 1. The van der Waals surface area contributed by atoms with Gasteiger partial charge in [-0.05, 0) is 7.05 Å². The van der Waals surface area contributed by atoms with Crippen LogP contribution in [0.15, 0.2) is 0 Å². The smallest absolute Gasteiger partial charge is 0.329 e. The summed E-state index contributed by atoms with van der Waals surface area (Å²) in [4.78, 5) is 142. The highest BCUT2D eigenvalue weighted by Gasteiger charge is 2.39. The van der Waals surface area contributed by atoms with Gasteiger partial charge in [-0.15, -0.1) is 0 Å². The number of carboxylic acid groups (broad SMARTS) is 9. The molecule has 37 nitrogen and oxygen atoms in total. The lowest BCUT2D eigenvalue weighted by Gasteiger charge is -2.35. The van der Waals surface area contributed by atoms with Crippen molar-refractivity contribution < 1.29 is 160 Å². The number of amides is 3. The molecule has 0 spiro atoms. The molecule has 0 atom stereocenters. The number of hydrogen-bond donors (Lipinski definition) is 13. The fraction of sp³-hybridized carbons (Fsp3) is 0.745. The van der Waals surface area contributed by atoms with Crippen LogP contribution in [0.25, 0.3) is 0 Å². The van der Waals surface area contributed by atoms with E-state index in [1.165, 1.54) is 7.05 Å². The first kappa shape index (κ1) is 77.1. The number of nitrogens with one attached hydrogen (secondary N) is 4. The van der Waals surface area contributed by atoms with Gasteiger partial charge in [0.15, 0.2) is 11.4 Å². The first-order valence-corrected chi connectivity index (χ1v) is 25.2. The molecule has 0 radical (unpaired) electrons. The largest absolute Gasteiger partial charge is 0.481 e. The first-order chi connectivity index (χ1) is 39.6. The van der Waals surface area contributed by atoms with E-state index < -0.39 is 291 Å². The maximum Gasteiger partial charge on any atom is 0.329 e. The number of aliphatic carboxylic acids is 9. The van der Waals surface area contributed by atoms with Crippen molar-refractivity contribution in [2.75, 3.05) is 152 Å². The summed E-state index contributed by atoms with van der Waals surface area (Å²) in [7, 11) is 1.38. The summed E-state index contributed by atoms with van der Waals surface area (Å²) in [5.41, 5.74) is -7.55. The molecule has 0 bridgehead atoms. The predicted octanol–water partition coefficient (Wildman–Crippen LogP) is -4.49. The van der Waals surface area contributed by atoms with E-state index in [1.54, 1.807) is 0 Å². The lowest BCUT2D eigenvalue weighted by molar-refractivity contribution is -0.179. The van der Waals surface area contributed by atoms with Crippen molar-refractivity contribution in [1.29, 1.82) is 0 Å². The van der Waals surface area contributed by atoms with Crippen molar-refractivity contribution in [2.24, 2.45) is 0 Å². The summed E-state index contributed by atoms with van der Waals surface area (Å²) >= 11 is 0. The van der Waals surface area contributed by atoms with Gasteiger partial charge in [0, 0.05) is 0 Å². The monoisotopic (exact) mass is 1220 g/mol. The Balaban J connectivity index is 6.82. The fourth-order valence-electron chi connectivity index (χ4n) is 6.38. The molecule has 0 fully saturated rings. The minimum absolute atomic E-state index is 0.400. The second-order valence-corrected chi connectivity index (χ2v) is 18.0. The molecule has 3 amide bonds. The third kappa shape index (κ3) is 40.4. The van der Waals surface area contributed by atoms with Crippen LogP contribution in [0, 0.1) is 0 Å². The van der Waals surface area contributed by atoms with Gasteiger partial charge in [-0.25, -0.2) is 14.4 Å². The second kappa shape index (κ2) is 43.7. The Hall–Kier alpha value is -6.88. The highest BCUT2D eigenvalue weighted by molar-refractivity contribution is 5.79. The zero-order valence-electron chi connectivity index (χ0n) is 46.0. The van der Waals surface area contributed by atoms with Crippen molar-refractivity contribution >= 4 is 71.4 Å². The summed E-state index contributed by atoms with van der Waals surface area (Å²) in [6, 6.07) is 0. The minimum Gasteiger partial charge on any atom is -0.481 e. The van der Waals surface area contributed by atoms with E-state index in [9.17, 15) is 72.9 Å². The van der Waals surface area contributed by atoms with Crippen LogP contribution in [0.1, 0.15) is 51.4 Å². The lowest BCUT2D eigenvalue weighted by Crippen LogP contribution is -2.60. The van der Waals surface area contributed by atoms with Gasteiger partial charge < -0.3 is 124 Å². The maximum absolute atomic E-state index is 13.6. The second-order valence-electron chi connectivity index (χ2n) is 18.0. The molecule has 0 aliphatic rings. The number of hydrogen-bond acceptors (Lipinski definition) is 25. The Labute approximate surface area is 478 Å². The van der Waals surface area contributed by atoms with E-state index in [0.29, 0.717) is 0 Å². The molecular formula is C47H76N4O33. The van der Waals surface area contributed by atoms with Crippen LogP contribution in [0.4, 0.5) is 0 Å². The van der Waals surface area contributed by atoms with Crippen molar-refractivity contribution in [3.63, 3.8) is 0 Å². The highest BCUT2D eigenvalue weighted by Crippen LogP contribution is 2.16. The van der Waals surface area contributed by atoms with Crippen LogP contribution in [-0.4, -0.2) is 292 Å². The number of carbonyl (C=O) groups is 12. The van der Waals surface area contributed by atoms with Gasteiger partial charge >= 0.3 is 53.7 Å². The molecule has 0 aliphatic carbocycles. The van der Waals surface area contributed by atoms with E-state index in [4.69, 9.17) is 87.5 Å². The molecule has 84 heavy (non-hydrogen) atoms. The summed E-state index contributed by atoms with van der Waals surface area (Å²) in [5, 5.41) is 92.6. The van der Waals surface area contributed by atoms with Gasteiger partial charge in [0.2, 0.25) is 17.7 Å². The Kier molecular flexibility index (Phi) is 40.1. The topological polar surface area (TPSA) is 546 Å². The Morgan fingerprint density at radius 3 is 0.810 bits per heavy atom. The normalized spacial score (nSPS) is 11.8. The van der Waals surface area contributed by atoms with Gasteiger partial charge in [0.05, 0.1) is 176 Å². The van der Waals surface area contributed by atoms with Crippen molar-refractivity contribution in [1.82, 2.24) is 21.3 Å². The molecule has 0 saturated heterocycles. The van der Waals surface area contributed by atoms with Crippen LogP contribution < -0.4 is 21.3 Å². The fourth-order valence-corrected chi connectivity index (χ4v) is 6.38. The molecule has 0 heterocycles. The zero-order valence-corrected chi connectivity index (χ0v) is 46.0.